The number of benzene rings is 2. The normalized spacial score (nSPS) is 14.9. The van der Waals surface area contributed by atoms with Gasteiger partial charge in [-0.15, -0.1) is 11.3 Å². The van der Waals surface area contributed by atoms with Crippen molar-refractivity contribution in [3.8, 4) is 0 Å². The molecule has 0 aliphatic carbocycles. The van der Waals surface area contributed by atoms with Crippen LogP contribution in [0.1, 0.15) is 21.6 Å². The summed E-state index contributed by atoms with van der Waals surface area (Å²) in [6, 6.07) is 17.1. The maximum Gasteiger partial charge on any atom is 0.270 e. The number of amides is 3. The molecule has 7 nitrogen and oxygen atoms in total. The SMILES string of the molecule is Cc1ccc(N2C(=O)/C(=C\c3cn(CC(=O)NCc4cccs4)c4ccccc34)C(=O)NC2=S)cc1C. The lowest BCUT2D eigenvalue weighted by atomic mass is 10.0. The van der Waals surface area contributed by atoms with Crippen LogP contribution in [-0.2, 0) is 27.5 Å². The number of hydrogen-bond donors (Lipinski definition) is 2. The fourth-order valence-corrected chi connectivity index (χ4v) is 5.17. The van der Waals surface area contributed by atoms with Gasteiger partial charge in [-0.25, -0.2) is 0 Å². The van der Waals surface area contributed by atoms with Gasteiger partial charge in [-0.3, -0.25) is 24.6 Å². The molecule has 0 unspecified atom stereocenters. The van der Waals surface area contributed by atoms with Gasteiger partial charge in [-0.1, -0.05) is 30.3 Å². The number of aromatic nitrogens is 1. The second-order valence-corrected chi connectivity index (χ2v) is 10.2. The lowest BCUT2D eigenvalue weighted by Gasteiger charge is -2.29. The molecule has 1 fully saturated rings. The Labute approximate surface area is 223 Å². The van der Waals surface area contributed by atoms with Crippen molar-refractivity contribution in [2.75, 3.05) is 4.90 Å². The van der Waals surface area contributed by atoms with Crippen molar-refractivity contribution < 1.29 is 14.4 Å². The third-order valence-corrected chi connectivity index (χ3v) is 7.48. The summed E-state index contributed by atoms with van der Waals surface area (Å²) >= 11 is 6.92. The van der Waals surface area contributed by atoms with E-state index in [0.29, 0.717) is 17.8 Å². The number of fused-ring (bicyclic) bond motifs is 1. The molecule has 2 N–H and O–H groups in total. The number of nitrogens with one attached hydrogen (secondary N) is 2. The summed E-state index contributed by atoms with van der Waals surface area (Å²) in [6.45, 7) is 4.52. The molecule has 0 saturated carbocycles. The topological polar surface area (TPSA) is 83.4 Å². The maximum atomic E-state index is 13.5. The number of thiocarbonyl (C=S) groups is 1. The van der Waals surface area contributed by atoms with E-state index < -0.39 is 11.8 Å². The van der Waals surface area contributed by atoms with E-state index in [4.69, 9.17) is 12.2 Å². The van der Waals surface area contributed by atoms with E-state index in [9.17, 15) is 14.4 Å². The first kappa shape index (κ1) is 24.6. The average molecular weight is 529 g/mol. The molecule has 0 atom stereocenters. The van der Waals surface area contributed by atoms with Crippen LogP contribution in [0.2, 0.25) is 0 Å². The van der Waals surface area contributed by atoms with Crippen molar-refractivity contribution in [3.05, 3.63) is 93.3 Å². The van der Waals surface area contributed by atoms with E-state index in [2.05, 4.69) is 10.6 Å². The number of hydrogen-bond acceptors (Lipinski definition) is 5. The Morgan fingerprint density at radius 2 is 1.89 bits per heavy atom. The van der Waals surface area contributed by atoms with Crippen LogP contribution in [0.5, 0.6) is 0 Å². The molecule has 4 aromatic rings. The standard InChI is InChI=1S/C28H24N4O3S2/c1-17-9-10-20(12-18(17)2)32-27(35)23(26(34)30-28(32)36)13-19-15-31(24-8-4-3-7-22(19)24)16-25(33)29-14-21-6-5-11-37-21/h3-13,15H,14,16H2,1-2H3,(H,29,33)(H,30,34,36)/b23-13-. The molecule has 0 radical (unpaired) electrons. The zero-order valence-electron chi connectivity index (χ0n) is 20.3. The molecular formula is C28H24N4O3S2. The second-order valence-electron chi connectivity index (χ2n) is 8.81. The summed E-state index contributed by atoms with van der Waals surface area (Å²) in [6.07, 6.45) is 3.35. The van der Waals surface area contributed by atoms with E-state index in [-0.39, 0.29) is 23.1 Å². The molecule has 0 bridgehead atoms. The summed E-state index contributed by atoms with van der Waals surface area (Å²) in [5.41, 5.74) is 4.15. The van der Waals surface area contributed by atoms with Crippen LogP contribution in [0.3, 0.4) is 0 Å². The number of carbonyl (C=O) groups excluding carboxylic acids is 3. The van der Waals surface area contributed by atoms with Crippen molar-refractivity contribution in [3.63, 3.8) is 0 Å². The molecule has 1 aliphatic heterocycles. The van der Waals surface area contributed by atoms with Crippen LogP contribution in [0.4, 0.5) is 5.69 Å². The number of para-hydroxylation sites is 1. The number of thiophene rings is 1. The first-order valence-electron chi connectivity index (χ1n) is 11.7. The molecule has 186 valence electrons. The molecule has 2 aromatic heterocycles. The Morgan fingerprint density at radius 1 is 1.08 bits per heavy atom. The predicted molar refractivity (Wildman–Crippen MR) is 150 cm³/mol. The third kappa shape index (κ3) is 4.96. The van der Waals surface area contributed by atoms with Gasteiger partial charge in [-0.2, -0.15) is 0 Å². The van der Waals surface area contributed by atoms with Crippen molar-refractivity contribution in [2.45, 2.75) is 26.9 Å². The zero-order chi connectivity index (χ0) is 26.1. The first-order valence-corrected chi connectivity index (χ1v) is 13.0. The predicted octanol–water partition coefficient (Wildman–Crippen LogP) is 4.47. The molecule has 1 aliphatic rings. The maximum absolute atomic E-state index is 13.5. The fourth-order valence-electron chi connectivity index (χ4n) is 4.24. The van der Waals surface area contributed by atoms with Gasteiger partial charge in [0.1, 0.15) is 12.1 Å². The molecule has 3 amide bonds. The van der Waals surface area contributed by atoms with Crippen molar-refractivity contribution >= 4 is 69.1 Å². The summed E-state index contributed by atoms with van der Waals surface area (Å²) in [5.74, 6) is -1.19. The third-order valence-electron chi connectivity index (χ3n) is 6.32. The van der Waals surface area contributed by atoms with Crippen LogP contribution < -0.4 is 15.5 Å². The molecule has 37 heavy (non-hydrogen) atoms. The number of rotatable bonds is 6. The van der Waals surface area contributed by atoms with Gasteiger partial charge in [0.15, 0.2) is 5.11 Å². The molecule has 9 heteroatoms. The Kier molecular flexibility index (Phi) is 6.73. The Balaban J connectivity index is 1.46. The van der Waals surface area contributed by atoms with Crippen molar-refractivity contribution in [1.82, 2.24) is 15.2 Å². The molecule has 3 heterocycles. The van der Waals surface area contributed by atoms with Gasteiger partial charge in [-0.05, 0) is 72.9 Å². The van der Waals surface area contributed by atoms with Gasteiger partial charge >= 0.3 is 0 Å². The number of anilines is 1. The highest BCUT2D eigenvalue weighted by atomic mass is 32.1. The van der Waals surface area contributed by atoms with Crippen LogP contribution in [0.15, 0.2) is 71.7 Å². The van der Waals surface area contributed by atoms with E-state index in [0.717, 1.165) is 26.9 Å². The molecular weight excluding hydrogens is 504 g/mol. The monoisotopic (exact) mass is 528 g/mol. The number of nitrogens with zero attached hydrogens (tertiary/aromatic N) is 2. The van der Waals surface area contributed by atoms with Crippen LogP contribution in [0, 0.1) is 13.8 Å². The number of aryl methyl sites for hydroxylation is 2. The van der Waals surface area contributed by atoms with Crippen molar-refractivity contribution in [2.24, 2.45) is 0 Å². The second kappa shape index (κ2) is 10.1. The van der Waals surface area contributed by atoms with Gasteiger partial charge in [0.25, 0.3) is 11.8 Å². The van der Waals surface area contributed by atoms with E-state index in [1.807, 2.05) is 78.4 Å². The lowest BCUT2D eigenvalue weighted by molar-refractivity contribution is -0.123. The van der Waals surface area contributed by atoms with Crippen molar-refractivity contribution in [1.29, 1.82) is 0 Å². The Morgan fingerprint density at radius 3 is 2.65 bits per heavy atom. The minimum absolute atomic E-state index is 0.0307. The summed E-state index contributed by atoms with van der Waals surface area (Å²) in [7, 11) is 0. The average Bonchev–Trinajstić information content (AvgIpc) is 3.51. The quantitative estimate of drug-likeness (QED) is 0.220. The van der Waals surface area contributed by atoms with Gasteiger partial charge in [0.05, 0.1) is 12.2 Å². The lowest BCUT2D eigenvalue weighted by Crippen LogP contribution is -2.54. The molecule has 0 spiro atoms. The Hall–Kier alpha value is -4.08. The Bertz CT molecular complexity index is 1580. The zero-order valence-corrected chi connectivity index (χ0v) is 21.9. The highest BCUT2D eigenvalue weighted by Gasteiger charge is 2.34. The molecule has 1 saturated heterocycles. The van der Waals surface area contributed by atoms with E-state index >= 15 is 0 Å². The number of carbonyl (C=O) groups is 3. The highest BCUT2D eigenvalue weighted by Crippen LogP contribution is 2.27. The first-order chi connectivity index (χ1) is 17.8. The van der Waals surface area contributed by atoms with Crippen LogP contribution in [0.25, 0.3) is 17.0 Å². The van der Waals surface area contributed by atoms with Gasteiger partial charge in [0.2, 0.25) is 5.91 Å². The smallest absolute Gasteiger partial charge is 0.270 e. The minimum atomic E-state index is -0.555. The highest BCUT2D eigenvalue weighted by molar-refractivity contribution is 7.80. The summed E-state index contributed by atoms with van der Waals surface area (Å²) < 4.78 is 1.82. The van der Waals surface area contributed by atoms with Crippen LogP contribution >= 0.6 is 23.6 Å². The summed E-state index contributed by atoms with van der Waals surface area (Å²) in [5, 5.41) is 8.41. The van der Waals surface area contributed by atoms with E-state index in [1.165, 1.54) is 4.90 Å². The van der Waals surface area contributed by atoms with Gasteiger partial charge in [0, 0.05) is 27.5 Å². The fraction of sp³-hybridized carbons (Fsp3) is 0.143. The molecule has 2 aromatic carbocycles. The largest absolute Gasteiger partial charge is 0.350 e. The minimum Gasteiger partial charge on any atom is -0.350 e. The van der Waals surface area contributed by atoms with Gasteiger partial charge < -0.3 is 9.88 Å². The van der Waals surface area contributed by atoms with E-state index in [1.54, 1.807) is 23.6 Å². The summed E-state index contributed by atoms with van der Waals surface area (Å²) in [4.78, 5) is 41.4. The molecule has 5 rings (SSSR count). The van der Waals surface area contributed by atoms with Crippen LogP contribution in [-0.4, -0.2) is 27.4 Å².